The Balaban J connectivity index is 1.33. The summed E-state index contributed by atoms with van der Waals surface area (Å²) in [6.07, 6.45) is 2.74. The van der Waals surface area contributed by atoms with Crippen LogP contribution in [-0.4, -0.2) is 27.4 Å². The smallest absolute Gasteiger partial charge is 0.408 e. The molecule has 168 valence electrons. The highest BCUT2D eigenvalue weighted by molar-refractivity contribution is 6.29. The van der Waals surface area contributed by atoms with Crippen molar-refractivity contribution in [2.24, 2.45) is 5.92 Å². The number of hydrogen-bond acceptors (Lipinski definition) is 5. The Kier molecular flexibility index (Phi) is 6.32. The van der Waals surface area contributed by atoms with Crippen molar-refractivity contribution in [1.29, 1.82) is 0 Å². The van der Waals surface area contributed by atoms with Gasteiger partial charge in [0, 0.05) is 29.8 Å². The molecular weight excluding hydrogens is 432 g/mol. The lowest BCUT2D eigenvalue weighted by molar-refractivity contribution is -0.120. The van der Waals surface area contributed by atoms with Crippen LogP contribution in [0.5, 0.6) is 0 Å². The molecule has 32 heavy (non-hydrogen) atoms. The largest absolute Gasteiger partial charge is 0.420 e. The number of amides is 2. The van der Waals surface area contributed by atoms with Crippen LogP contribution in [0.3, 0.4) is 0 Å². The molecule has 2 aromatic heterocycles. The van der Waals surface area contributed by atoms with Crippen molar-refractivity contribution in [3.05, 3.63) is 57.8 Å². The SMILES string of the molecule is CC(C)n1c(=O)oc2cc(NC(=O)C3CCC(NC(=O)c4cccc(Cl)n4)CC3)ccc21. The molecule has 0 bridgehead atoms. The van der Waals surface area contributed by atoms with E-state index in [-0.39, 0.29) is 40.7 Å². The molecule has 2 amide bonds. The van der Waals surface area contributed by atoms with Gasteiger partial charge in [-0.15, -0.1) is 0 Å². The Bertz CT molecular complexity index is 1210. The molecule has 8 nitrogen and oxygen atoms in total. The number of anilines is 1. The van der Waals surface area contributed by atoms with Crippen LogP contribution in [0.2, 0.25) is 5.15 Å². The second kappa shape index (κ2) is 9.16. The molecule has 1 aliphatic rings. The van der Waals surface area contributed by atoms with Crippen LogP contribution >= 0.6 is 11.6 Å². The quantitative estimate of drug-likeness (QED) is 0.561. The molecule has 1 aromatic carbocycles. The van der Waals surface area contributed by atoms with Gasteiger partial charge in [0.1, 0.15) is 10.8 Å². The number of aromatic nitrogens is 2. The lowest BCUT2D eigenvalue weighted by Gasteiger charge is -2.28. The topological polar surface area (TPSA) is 106 Å². The molecule has 0 saturated heterocycles. The Morgan fingerprint density at radius 3 is 2.59 bits per heavy atom. The zero-order chi connectivity index (χ0) is 22.8. The fraction of sp³-hybridized carbons (Fsp3) is 0.391. The Morgan fingerprint density at radius 2 is 1.91 bits per heavy atom. The minimum atomic E-state index is -0.410. The molecule has 2 heterocycles. The molecule has 9 heteroatoms. The first-order valence-corrected chi connectivity index (χ1v) is 11.1. The molecule has 3 aromatic rings. The summed E-state index contributed by atoms with van der Waals surface area (Å²) in [4.78, 5) is 41.2. The van der Waals surface area contributed by atoms with Gasteiger partial charge in [0.15, 0.2) is 5.58 Å². The van der Waals surface area contributed by atoms with Crippen molar-refractivity contribution in [2.45, 2.75) is 51.6 Å². The molecule has 0 spiro atoms. The number of benzene rings is 1. The highest BCUT2D eigenvalue weighted by Crippen LogP contribution is 2.27. The van der Waals surface area contributed by atoms with Gasteiger partial charge < -0.3 is 15.1 Å². The van der Waals surface area contributed by atoms with Gasteiger partial charge in [0.05, 0.1) is 5.52 Å². The standard InChI is InChI=1S/C23H25ClN4O4/c1-13(2)28-18-11-10-16(12-19(18)32-23(28)31)26-21(29)14-6-8-15(9-7-14)25-22(30)17-4-3-5-20(24)27-17/h3-5,10-15H,6-9H2,1-2H3,(H,25,30)(H,26,29). The number of rotatable bonds is 5. The number of fused-ring (bicyclic) bond motifs is 1. The van der Waals surface area contributed by atoms with Crippen LogP contribution in [0.25, 0.3) is 11.1 Å². The molecule has 2 N–H and O–H groups in total. The Hall–Kier alpha value is -3.13. The van der Waals surface area contributed by atoms with Gasteiger partial charge in [0.25, 0.3) is 5.91 Å². The van der Waals surface area contributed by atoms with Gasteiger partial charge in [-0.2, -0.15) is 0 Å². The van der Waals surface area contributed by atoms with Crippen LogP contribution in [0, 0.1) is 5.92 Å². The first-order valence-electron chi connectivity index (χ1n) is 10.7. The van der Waals surface area contributed by atoms with Gasteiger partial charge in [-0.3, -0.25) is 14.2 Å². The third-order valence-corrected chi connectivity index (χ3v) is 5.99. The third-order valence-electron chi connectivity index (χ3n) is 5.78. The number of carbonyl (C=O) groups is 2. The Morgan fingerprint density at radius 1 is 1.16 bits per heavy atom. The van der Waals surface area contributed by atoms with E-state index >= 15 is 0 Å². The number of carbonyl (C=O) groups excluding carboxylic acids is 2. The Labute approximate surface area is 190 Å². The summed E-state index contributed by atoms with van der Waals surface area (Å²) in [6, 6.07) is 10.1. The summed E-state index contributed by atoms with van der Waals surface area (Å²) in [7, 11) is 0. The number of oxazole rings is 1. The van der Waals surface area contributed by atoms with Crippen molar-refractivity contribution in [1.82, 2.24) is 14.9 Å². The third kappa shape index (κ3) is 4.70. The van der Waals surface area contributed by atoms with E-state index in [1.165, 1.54) is 0 Å². The highest BCUT2D eigenvalue weighted by Gasteiger charge is 2.28. The van der Waals surface area contributed by atoms with Gasteiger partial charge in [-0.1, -0.05) is 17.7 Å². The first-order chi connectivity index (χ1) is 15.3. The molecular formula is C23H25ClN4O4. The summed E-state index contributed by atoms with van der Waals surface area (Å²) >= 11 is 5.85. The van der Waals surface area contributed by atoms with E-state index in [0.29, 0.717) is 42.5 Å². The zero-order valence-electron chi connectivity index (χ0n) is 17.9. The monoisotopic (exact) mass is 456 g/mol. The van der Waals surface area contributed by atoms with Crippen LogP contribution in [0.15, 0.2) is 45.6 Å². The molecule has 0 radical (unpaired) electrons. The fourth-order valence-corrected chi connectivity index (χ4v) is 4.31. The van der Waals surface area contributed by atoms with Crippen molar-refractivity contribution >= 4 is 40.2 Å². The predicted molar refractivity (Wildman–Crippen MR) is 122 cm³/mol. The summed E-state index contributed by atoms with van der Waals surface area (Å²) in [5.74, 6) is -0.887. The predicted octanol–water partition coefficient (Wildman–Crippen LogP) is 4.15. The van der Waals surface area contributed by atoms with E-state index in [1.54, 1.807) is 41.0 Å². The molecule has 4 rings (SSSR count). The van der Waals surface area contributed by atoms with E-state index in [1.807, 2.05) is 13.8 Å². The molecule has 1 fully saturated rings. The van der Waals surface area contributed by atoms with Crippen molar-refractivity contribution in [3.8, 4) is 0 Å². The lowest BCUT2D eigenvalue weighted by atomic mass is 9.85. The fourth-order valence-electron chi connectivity index (χ4n) is 4.14. The number of hydrogen-bond donors (Lipinski definition) is 2. The second-order valence-electron chi connectivity index (χ2n) is 8.37. The first kappa shape index (κ1) is 22.1. The van der Waals surface area contributed by atoms with Crippen LogP contribution in [0.1, 0.15) is 56.1 Å². The van der Waals surface area contributed by atoms with E-state index in [9.17, 15) is 14.4 Å². The molecule has 0 atom stereocenters. The van der Waals surface area contributed by atoms with Crippen molar-refractivity contribution in [3.63, 3.8) is 0 Å². The molecule has 1 aliphatic carbocycles. The van der Waals surface area contributed by atoms with Gasteiger partial charge in [-0.25, -0.2) is 9.78 Å². The van der Waals surface area contributed by atoms with Crippen LogP contribution in [0.4, 0.5) is 5.69 Å². The van der Waals surface area contributed by atoms with E-state index in [0.717, 1.165) is 0 Å². The van der Waals surface area contributed by atoms with Crippen LogP contribution in [-0.2, 0) is 4.79 Å². The van der Waals surface area contributed by atoms with E-state index in [4.69, 9.17) is 16.0 Å². The summed E-state index contributed by atoms with van der Waals surface area (Å²) in [6.45, 7) is 3.83. The normalized spacial score (nSPS) is 18.6. The number of nitrogens with zero attached hydrogens (tertiary/aromatic N) is 2. The lowest BCUT2D eigenvalue weighted by Crippen LogP contribution is -2.39. The highest BCUT2D eigenvalue weighted by atomic mass is 35.5. The van der Waals surface area contributed by atoms with Gasteiger partial charge >= 0.3 is 5.76 Å². The second-order valence-corrected chi connectivity index (χ2v) is 8.76. The maximum absolute atomic E-state index is 12.8. The average Bonchev–Trinajstić information content (AvgIpc) is 3.09. The van der Waals surface area contributed by atoms with Gasteiger partial charge in [0.2, 0.25) is 5.91 Å². The summed E-state index contributed by atoms with van der Waals surface area (Å²) in [5.41, 5.74) is 2.02. The number of nitrogens with one attached hydrogen (secondary N) is 2. The van der Waals surface area contributed by atoms with Crippen molar-refractivity contribution < 1.29 is 14.0 Å². The summed E-state index contributed by atoms with van der Waals surface area (Å²) in [5, 5.41) is 6.17. The maximum Gasteiger partial charge on any atom is 0.420 e. The minimum absolute atomic E-state index is 0.00578. The van der Waals surface area contributed by atoms with E-state index in [2.05, 4.69) is 15.6 Å². The molecule has 0 aliphatic heterocycles. The zero-order valence-corrected chi connectivity index (χ0v) is 18.7. The van der Waals surface area contributed by atoms with Crippen molar-refractivity contribution in [2.75, 3.05) is 5.32 Å². The number of halogens is 1. The number of pyridine rings is 1. The van der Waals surface area contributed by atoms with Crippen LogP contribution < -0.4 is 16.4 Å². The van der Waals surface area contributed by atoms with Gasteiger partial charge in [-0.05, 0) is 63.8 Å². The molecule has 0 unspecified atom stereocenters. The molecule has 1 saturated carbocycles. The van der Waals surface area contributed by atoms with E-state index < -0.39 is 5.76 Å². The maximum atomic E-state index is 12.8. The average molecular weight is 457 g/mol. The summed E-state index contributed by atoms with van der Waals surface area (Å²) < 4.78 is 6.90. The minimum Gasteiger partial charge on any atom is -0.408 e.